The van der Waals surface area contributed by atoms with Gasteiger partial charge in [0, 0.05) is 5.92 Å². The van der Waals surface area contributed by atoms with Crippen LogP contribution in [0.5, 0.6) is 11.5 Å². The van der Waals surface area contributed by atoms with Gasteiger partial charge in [0.05, 0.1) is 19.8 Å². The van der Waals surface area contributed by atoms with Gasteiger partial charge in [0.1, 0.15) is 0 Å². The van der Waals surface area contributed by atoms with Gasteiger partial charge < -0.3 is 15.2 Å². The molecule has 19 heavy (non-hydrogen) atoms. The molecule has 1 aromatic carbocycles. The van der Waals surface area contributed by atoms with Crippen molar-refractivity contribution in [3.8, 4) is 11.5 Å². The predicted octanol–water partition coefficient (Wildman–Crippen LogP) is 3.01. The van der Waals surface area contributed by atoms with Gasteiger partial charge in [0.15, 0.2) is 11.5 Å². The highest BCUT2D eigenvalue weighted by atomic mass is 16.5. The van der Waals surface area contributed by atoms with Gasteiger partial charge in [-0.3, -0.25) is 0 Å². The van der Waals surface area contributed by atoms with Crippen molar-refractivity contribution in [3.05, 3.63) is 48.1 Å². The molecule has 2 atom stereocenters. The van der Waals surface area contributed by atoms with Crippen molar-refractivity contribution in [2.45, 2.75) is 18.9 Å². The molecule has 2 N–H and O–H groups in total. The number of methoxy groups -OCH3 is 2. The van der Waals surface area contributed by atoms with E-state index in [0.29, 0.717) is 5.75 Å². The van der Waals surface area contributed by atoms with E-state index in [2.05, 4.69) is 25.2 Å². The monoisotopic (exact) mass is 259 g/mol. The Balaban J connectivity index is 2.45. The maximum absolute atomic E-state index is 6.62. The van der Waals surface area contributed by atoms with Crippen molar-refractivity contribution in [3.63, 3.8) is 0 Å². The molecule has 0 aliphatic heterocycles. The number of hydrogen-bond acceptors (Lipinski definition) is 3. The molecule has 0 heterocycles. The van der Waals surface area contributed by atoms with Crippen LogP contribution in [0.3, 0.4) is 0 Å². The fraction of sp³-hybridized carbons (Fsp3) is 0.375. The van der Waals surface area contributed by atoms with Crippen LogP contribution in [0.25, 0.3) is 0 Å². The van der Waals surface area contributed by atoms with E-state index in [1.54, 1.807) is 14.2 Å². The smallest absolute Gasteiger partial charge is 0.161 e. The third-order valence-electron chi connectivity index (χ3n) is 3.76. The van der Waals surface area contributed by atoms with Crippen LogP contribution in [0.15, 0.2) is 42.5 Å². The highest BCUT2D eigenvalue weighted by Crippen LogP contribution is 2.38. The quantitative estimate of drug-likeness (QED) is 0.904. The zero-order valence-electron chi connectivity index (χ0n) is 11.7. The number of hydrogen-bond donors (Lipinski definition) is 1. The summed E-state index contributed by atoms with van der Waals surface area (Å²) in [6, 6.07) is 5.88. The summed E-state index contributed by atoms with van der Waals surface area (Å²) in [5, 5.41) is 0. The van der Waals surface area contributed by atoms with Gasteiger partial charge in [0.25, 0.3) is 0 Å². The van der Waals surface area contributed by atoms with Gasteiger partial charge >= 0.3 is 0 Å². The van der Waals surface area contributed by atoms with E-state index in [9.17, 15) is 0 Å². The summed E-state index contributed by atoms with van der Waals surface area (Å²) in [5.41, 5.74) is 7.17. The van der Waals surface area contributed by atoms with Crippen molar-refractivity contribution in [1.29, 1.82) is 0 Å². The molecule has 0 amide bonds. The molecular weight excluding hydrogens is 238 g/mol. The molecule has 0 fully saturated rings. The van der Waals surface area contributed by atoms with Gasteiger partial charge in [-0.15, -0.1) is 0 Å². The first-order valence-electron chi connectivity index (χ1n) is 6.53. The Hall–Kier alpha value is -1.74. The van der Waals surface area contributed by atoms with Gasteiger partial charge in [-0.1, -0.05) is 37.3 Å². The Morgan fingerprint density at radius 3 is 2.53 bits per heavy atom. The average molecular weight is 259 g/mol. The summed E-state index contributed by atoms with van der Waals surface area (Å²) in [7, 11) is 3.27. The number of nitrogens with two attached hydrogens (primary N) is 1. The molecule has 0 saturated carbocycles. The van der Waals surface area contributed by atoms with Crippen LogP contribution in [-0.2, 0) is 5.54 Å². The first kappa shape index (κ1) is 13.7. The molecule has 0 saturated heterocycles. The van der Waals surface area contributed by atoms with E-state index in [4.69, 9.17) is 15.2 Å². The minimum Gasteiger partial charge on any atom is -0.493 e. The fourth-order valence-corrected chi connectivity index (χ4v) is 2.59. The third-order valence-corrected chi connectivity index (χ3v) is 3.76. The largest absolute Gasteiger partial charge is 0.493 e. The van der Waals surface area contributed by atoms with Crippen LogP contribution in [0.4, 0.5) is 0 Å². The topological polar surface area (TPSA) is 44.5 Å². The first-order chi connectivity index (χ1) is 9.15. The third kappa shape index (κ3) is 2.38. The second-order valence-electron chi connectivity index (χ2n) is 4.76. The molecule has 1 aliphatic rings. The molecule has 0 spiro atoms. The lowest BCUT2D eigenvalue weighted by Crippen LogP contribution is -2.42. The van der Waals surface area contributed by atoms with Crippen LogP contribution in [0, 0.1) is 5.92 Å². The lowest BCUT2D eigenvalue weighted by atomic mass is 9.75. The van der Waals surface area contributed by atoms with Crippen LogP contribution in [0.1, 0.15) is 18.9 Å². The van der Waals surface area contributed by atoms with E-state index in [1.807, 2.05) is 24.3 Å². The lowest BCUT2D eigenvalue weighted by Gasteiger charge is -2.35. The normalized spacial score (nSPS) is 25.4. The van der Waals surface area contributed by atoms with Crippen molar-refractivity contribution in [1.82, 2.24) is 0 Å². The molecule has 102 valence electrons. The van der Waals surface area contributed by atoms with Gasteiger partial charge in [-0.2, -0.15) is 0 Å². The predicted molar refractivity (Wildman–Crippen MR) is 77.5 cm³/mol. The van der Waals surface area contributed by atoms with E-state index in [0.717, 1.165) is 17.7 Å². The summed E-state index contributed by atoms with van der Waals surface area (Å²) in [4.78, 5) is 0. The van der Waals surface area contributed by atoms with Crippen molar-refractivity contribution >= 4 is 0 Å². The summed E-state index contributed by atoms with van der Waals surface area (Å²) in [6.45, 7) is 2.15. The molecule has 0 bridgehead atoms. The molecule has 3 nitrogen and oxygen atoms in total. The maximum Gasteiger partial charge on any atom is 0.161 e. The molecular formula is C16H21NO2. The standard InChI is InChI=1S/C16H21NO2/c1-4-12-7-5-6-10-16(12,17)13-8-9-14(18-2)15(11-13)19-3/h5-12H,4,17H2,1-3H3. The Kier molecular flexibility index (Phi) is 3.96. The Morgan fingerprint density at radius 1 is 1.16 bits per heavy atom. The fourth-order valence-electron chi connectivity index (χ4n) is 2.59. The first-order valence-corrected chi connectivity index (χ1v) is 6.53. The van der Waals surface area contributed by atoms with Gasteiger partial charge in [0.2, 0.25) is 0 Å². The Morgan fingerprint density at radius 2 is 1.89 bits per heavy atom. The second kappa shape index (κ2) is 5.49. The Bertz CT molecular complexity index is 507. The average Bonchev–Trinajstić information content (AvgIpc) is 2.46. The van der Waals surface area contributed by atoms with E-state index < -0.39 is 5.54 Å². The summed E-state index contributed by atoms with van der Waals surface area (Å²) in [6.07, 6.45) is 9.27. The second-order valence-corrected chi connectivity index (χ2v) is 4.76. The van der Waals surface area contributed by atoms with Crippen LogP contribution in [0.2, 0.25) is 0 Å². The van der Waals surface area contributed by atoms with E-state index in [-0.39, 0.29) is 5.92 Å². The highest BCUT2D eigenvalue weighted by molar-refractivity contribution is 5.47. The van der Waals surface area contributed by atoms with Crippen LogP contribution >= 0.6 is 0 Å². The molecule has 2 unspecified atom stereocenters. The zero-order valence-corrected chi connectivity index (χ0v) is 11.7. The van der Waals surface area contributed by atoms with Crippen molar-refractivity contribution in [2.75, 3.05) is 14.2 Å². The molecule has 0 aromatic heterocycles. The number of ether oxygens (including phenoxy) is 2. The highest BCUT2D eigenvalue weighted by Gasteiger charge is 2.33. The number of rotatable bonds is 4. The van der Waals surface area contributed by atoms with Crippen LogP contribution < -0.4 is 15.2 Å². The molecule has 1 aromatic rings. The molecule has 3 heteroatoms. The Labute approximate surface area is 114 Å². The van der Waals surface area contributed by atoms with Crippen molar-refractivity contribution < 1.29 is 9.47 Å². The SMILES string of the molecule is CCC1C=CC=CC1(N)c1ccc(OC)c(OC)c1. The molecule has 0 radical (unpaired) electrons. The van der Waals surface area contributed by atoms with Crippen LogP contribution in [-0.4, -0.2) is 14.2 Å². The summed E-state index contributed by atoms with van der Waals surface area (Å²) in [5.74, 6) is 1.72. The van der Waals surface area contributed by atoms with E-state index in [1.165, 1.54) is 0 Å². The zero-order chi connectivity index (χ0) is 13.9. The number of benzene rings is 1. The van der Waals surface area contributed by atoms with Gasteiger partial charge in [-0.05, 0) is 24.1 Å². The molecule has 2 rings (SSSR count). The lowest BCUT2D eigenvalue weighted by molar-refractivity contribution is 0.349. The number of allylic oxidation sites excluding steroid dienone is 2. The van der Waals surface area contributed by atoms with E-state index >= 15 is 0 Å². The summed E-state index contributed by atoms with van der Waals surface area (Å²) < 4.78 is 10.6. The summed E-state index contributed by atoms with van der Waals surface area (Å²) >= 11 is 0. The maximum atomic E-state index is 6.62. The van der Waals surface area contributed by atoms with Gasteiger partial charge in [-0.25, -0.2) is 0 Å². The molecule has 1 aliphatic carbocycles. The van der Waals surface area contributed by atoms with Crippen molar-refractivity contribution in [2.24, 2.45) is 11.7 Å². The minimum atomic E-state index is -0.483. The minimum absolute atomic E-state index is 0.288.